The summed E-state index contributed by atoms with van der Waals surface area (Å²) >= 11 is 0. The van der Waals surface area contributed by atoms with Crippen LogP contribution in [0.3, 0.4) is 0 Å². The molecule has 0 atom stereocenters. The van der Waals surface area contributed by atoms with E-state index in [9.17, 15) is 0 Å². The van der Waals surface area contributed by atoms with Crippen molar-refractivity contribution in [3.63, 3.8) is 0 Å². The van der Waals surface area contributed by atoms with Gasteiger partial charge >= 0.3 is 0 Å². The van der Waals surface area contributed by atoms with E-state index in [1.807, 2.05) is 53.2 Å². The Morgan fingerprint density at radius 1 is 1.04 bits per heavy atom. The van der Waals surface area contributed by atoms with E-state index in [2.05, 4.69) is 30.8 Å². The predicted octanol–water partition coefficient (Wildman–Crippen LogP) is 1.07. The Bertz CT molecular complexity index is 795. The summed E-state index contributed by atoms with van der Waals surface area (Å²) in [5.41, 5.74) is 1.93. The summed E-state index contributed by atoms with van der Waals surface area (Å²) in [5.74, 6) is 1.71. The lowest BCUT2D eigenvalue weighted by Crippen LogP contribution is -2.39. The minimum absolute atomic E-state index is 0.735. The van der Waals surface area contributed by atoms with Crippen molar-refractivity contribution in [3.05, 3.63) is 60.3 Å². The summed E-state index contributed by atoms with van der Waals surface area (Å²) in [4.78, 5) is 8.54. The third kappa shape index (κ3) is 4.07. The van der Waals surface area contributed by atoms with Crippen molar-refractivity contribution in [1.82, 2.24) is 30.2 Å². The molecule has 0 aliphatic carbocycles. The van der Waals surface area contributed by atoms with E-state index >= 15 is 0 Å². The summed E-state index contributed by atoms with van der Waals surface area (Å²) in [7, 11) is 1.77. The number of nitrogens with one attached hydrogen (secondary N) is 2. The van der Waals surface area contributed by atoms with Crippen LogP contribution in [0.2, 0.25) is 0 Å². The molecule has 2 N–H and O–H groups in total. The summed E-state index contributed by atoms with van der Waals surface area (Å²) in [6.07, 6.45) is 5.42. The van der Waals surface area contributed by atoms with E-state index in [4.69, 9.17) is 0 Å². The van der Waals surface area contributed by atoms with Gasteiger partial charge in [0.25, 0.3) is 0 Å². The van der Waals surface area contributed by atoms with Crippen LogP contribution >= 0.6 is 0 Å². The highest BCUT2D eigenvalue weighted by Gasteiger charge is 2.04. The molecule has 0 amide bonds. The van der Waals surface area contributed by atoms with E-state index in [-0.39, 0.29) is 0 Å². The first-order valence-electron chi connectivity index (χ1n) is 8.00. The maximum absolute atomic E-state index is 4.31. The Labute approximate surface area is 140 Å². The third-order valence-electron chi connectivity index (χ3n) is 3.65. The number of guanidine groups is 1. The van der Waals surface area contributed by atoms with Gasteiger partial charge in [-0.15, -0.1) is 10.2 Å². The van der Waals surface area contributed by atoms with E-state index in [1.165, 1.54) is 0 Å². The molecule has 0 unspecified atom stereocenters. The van der Waals surface area contributed by atoms with Crippen LogP contribution in [-0.4, -0.2) is 45.7 Å². The Morgan fingerprint density at radius 2 is 1.88 bits per heavy atom. The Balaban J connectivity index is 1.44. The number of aromatic nitrogens is 4. The molecule has 0 aliphatic heterocycles. The van der Waals surface area contributed by atoms with Gasteiger partial charge in [-0.3, -0.25) is 14.4 Å². The average Bonchev–Trinajstić information content (AvgIpc) is 3.04. The largest absolute Gasteiger partial charge is 0.356 e. The summed E-state index contributed by atoms with van der Waals surface area (Å²) in [6, 6.07) is 11.8. The Morgan fingerprint density at radius 3 is 2.67 bits per heavy atom. The topological polar surface area (TPSA) is 79.5 Å². The first-order chi connectivity index (χ1) is 11.9. The second-order valence-corrected chi connectivity index (χ2v) is 5.29. The molecule has 0 aromatic carbocycles. The van der Waals surface area contributed by atoms with Crippen LogP contribution in [-0.2, 0) is 12.8 Å². The van der Waals surface area contributed by atoms with E-state index < -0.39 is 0 Å². The van der Waals surface area contributed by atoms with Gasteiger partial charge in [-0.2, -0.15) is 0 Å². The molecule has 0 saturated heterocycles. The predicted molar refractivity (Wildman–Crippen MR) is 94.0 cm³/mol. The maximum Gasteiger partial charge on any atom is 0.191 e. The number of rotatable bonds is 6. The number of pyridine rings is 2. The molecule has 0 spiro atoms. The van der Waals surface area contributed by atoms with Crippen molar-refractivity contribution in [2.24, 2.45) is 4.99 Å². The van der Waals surface area contributed by atoms with Gasteiger partial charge < -0.3 is 10.6 Å². The van der Waals surface area contributed by atoms with Crippen molar-refractivity contribution < 1.29 is 0 Å². The van der Waals surface area contributed by atoms with Crippen molar-refractivity contribution >= 4 is 11.6 Å². The second kappa shape index (κ2) is 8.05. The zero-order valence-electron chi connectivity index (χ0n) is 13.7. The molecule has 3 heterocycles. The van der Waals surface area contributed by atoms with Crippen molar-refractivity contribution in [2.75, 3.05) is 20.1 Å². The van der Waals surface area contributed by atoms with E-state index in [1.54, 1.807) is 7.05 Å². The van der Waals surface area contributed by atoms with Crippen molar-refractivity contribution in [1.29, 1.82) is 0 Å². The molecular weight excluding hydrogens is 302 g/mol. The van der Waals surface area contributed by atoms with Crippen LogP contribution in [0.4, 0.5) is 0 Å². The van der Waals surface area contributed by atoms with E-state index in [0.717, 1.165) is 49.1 Å². The molecule has 0 fully saturated rings. The summed E-state index contributed by atoms with van der Waals surface area (Å²) in [6.45, 7) is 1.52. The lowest BCUT2D eigenvalue weighted by molar-refractivity contribution is 0.752. The number of aliphatic imine (C=N–C) groups is 1. The van der Waals surface area contributed by atoms with Crippen LogP contribution in [0, 0.1) is 0 Å². The quantitative estimate of drug-likeness (QED) is 0.524. The zero-order chi connectivity index (χ0) is 16.6. The van der Waals surface area contributed by atoms with Crippen LogP contribution in [0.25, 0.3) is 5.65 Å². The molecule has 7 heteroatoms. The van der Waals surface area contributed by atoms with Crippen LogP contribution in [0.15, 0.2) is 53.8 Å². The van der Waals surface area contributed by atoms with Crippen molar-refractivity contribution in [2.45, 2.75) is 12.8 Å². The standard InChI is InChI=1S/C17H21N7/c1-18-17(20-11-8-14-6-2-4-10-19-14)21-12-9-16-23-22-15-7-3-5-13-24(15)16/h2-7,10,13H,8-9,11-12H2,1H3,(H2,18,20,21). The van der Waals surface area contributed by atoms with Crippen LogP contribution in [0.1, 0.15) is 11.5 Å². The molecule has 0 saturated carbocycles. The molecule has 124 valence electrons. The number of fused-ring (bicyclic) bond motifs is 1. The molecule has 3 rings (SSSR count). The molecular formula is C17H21N7. The number of hydrogen-bond donors (Lipinski definition) is 2. The molecule has 0 radical (unpaired) electrons. The van der Waals surface area contributed by atoms with Gasteiger partial charge in [-0.25, -0.2) is 0 Å². The molecule has 3 aromatic rings. The summed E-state index contributed by atoms with van der Waals surface area (Å²) < 4.78 is 2.00. The first-order valence-corrected chi connectivity index (χ1v) is 8.00. The highest BCUT2D eigenvalue weighted by molar-refractivity contribution is 5.79. The average molecular weight is 323 g/mol. The lowest BCUT2D eigenvalue weighted by Gasteiger charge is -2.11. The van der Waals surface area contributed by atoms with Crippen molar-refractivity contribution in [3.8, 4) is 0 Å². The van der Waals surface area contributed by atoms with Gasteiger partial charge in [0.1, 0.15) is 5.82 Å². The smallest absolute Gasteiger partial charge is 0.191 e. The first kappa shape index (κ1) is 15.9. The normalized spacial score (nSPS) is 11.6. The van der Waals surface area contributed by atoms with Crippen LogP contribution < -0.4 is 10.6 Å². The van der Waals surface area contributed by atoms with Gasteiger partial charge in [0.05, 0.1) is 0 Å². The minimum atomic E-state index is 0.735. The van der Waals surface area contributed by atoms with E-state index in [0.29, 0.717) is 0 Å². The zero-order valence-corrected chi connectivity index (χ0v) is 13.7. The highest BCUT2D eigenvalue weighted by Crippen LogP contribution is 2.02. The fraction of sp³-hybridized carbons (Fsp3) is 0.294. The molecule has 0 aliphatic rings. The Kier molecular flexibility index (Phi) is 5.34. The SMILES string of the molecule is CN=C(NCCc1ccccn1)NCCc1nnc2ccccn12. The third-order valence-corrected chi connectivity index (χ3v) is 3.65. The van der Waals surface area contributed by atoms with Gasteiger partial charge in [-0.05, 0) is 24.3 Å². The van der Waals surface area contributed by atoms with Gasteiger partial charge in [0.15, 0.2) is 11.6 Å². The fourth-order valence-electron chi connectivity index (χ4n) is 2.43. The highest BCUT2D eigenvalue weighted by atomic mass is 15.2. The van der Waals surface area contributed by atoms with Gasteiger partial charge in [0, 0.05) is 51.1 Å². The number of hydrogen-bond acceptors (Lipinski definition) is 4. The van der Waals surface area contributed by atoms with Gasteiger partial charge in [-0.1, -0.05) is 12.1 Å². The molecule has 7 nitrogen and oxygen atoms in total. The van der Waals surface area contributed by atoms with Gasteiger partial charge in [0.2, 0.25) is 0 Å². The number of nitrogens with zero attached hydrogens (tertiary/aromatic N) is 5. The minimum Gasteiger partial charge on any atom is -0.356 e. The second-order valence-electron chi connectivity index (χ2n) is 5.29. The summed E-state index contributed by atoms with van der Waals surface area (Å²) in [5, 5.41) is 15.0. The van der Waals surface area contributed by atoms with Crippen LogP contribution in [0.5, 0.6) is 0 Å². The fourth-order valence-corrected chi connectivity index (χ4v) is 2.43. The Hall–Kier alpha value is -2.96. The molecule has 24 heavy (non-hydrogen) atoms. The maximum atomic E-state index is 4.31. The lowest BCUT2D eigenvalue weighted by atomic mass is 10.3. The monoisotopic (exact) mass is 323 g/mol. The molecule has 3 aromatic heterocycles. The molecule has 0 bridgehead atoms.